The van der Waals surface area contributed by atoms with Gasteiger partial charge in [-0.3, -0.25) is 19.3 Å². The number of hydrogen-bond donors (Lipinski definition) is 5. The molecule has 3 atom stereocenters. The van der Waals surface area contributed by atoms with E-state index in [1.54, 1.807) is 13.0 Å². The fourth-order valence-electron chi connectivity index (χ4n) is 2.59. The molecule has 2 amide bonds. The molecule has 0 fully saturated rings. The number of carbonyl (C=O) groups excluding carboxylic acids is 2. The minimum atomic E-state index is -2.70. The minimum absolute atomic E-state index is 0.0708. The van der Waals surface area contributed by atoms with Crippen molar-refractivity contribution in [3.05, 3.63) is 29.3 Å². The maximum atomic E-state index is 13.8. The number of halogens is 1. The number of aliphatic carboxylic acids is 3. The van der Waals surface area contributed by atoms with Crippen LogP contribution in [0.3, 0.4) is 0 Å². The Labute approximate surface area is 170 Å². The maximum Gasteiger partial charge on any atom is 0.338 e. The molecule has 0 heterocycles. The van der Waals surface area contributed by atoms with Crippen LogP contribution in [-0.4, -0.2) is 68.2 Å². The Hall–Kier alpha value is -3.54. The number of aryl methyl sites for hydroxylation is 1. The highest BCUT2D eigenvalue weighted by Gasteiger charge is 2.40. The number of carbonyl (C=O) groups is 5. The highest BCUT2D eigenvalue weighted by molar-refractivity contribution is 6.11. The van der Waals surface area contributed by atoms with E-state index in [0.717, 1.165) is 0 Å². The molecule has 0 spiro atoms. The van der Waals surface area contributed by atoms with Crippen molar-refractivity contribution in [2.24, 2.45) is 5.73 Å². The Kier molecular flexibility index (Phi) is 8.41. The van der Waals surface area contributed by atoms with E-state index in [2.05, 4.69) is 0 Å². The summed E-state index contributed by atoms with van der Waals surface area (Å²) in [6.45, 7) is 1.55. The van der Waals surface area contributed by atoms with E-state index in [9.17, 15) is 33.5 Å². The fourth-order valence-corrected chi connectivity index (χ4v) is 2.59. The van der Waals surface area contributed by atoms with Crippen molar-refractivity contribution >= 4 is 35.4 Å². The lowest BCUT2D eigenvalue weighted by molar-refractivity contribution is -0.152. The van der Waals surface area contributed by atoms with Gasteiger partial charge in [0.25, 0.3) is 5.91 Å². The molecule has 0 saturated carbocycles. The van der Waals surface area contributed by atoms with Crippen molar-refractivity contribution in [2.75, 3.05) is 5.73 Å². The molecule has 12 heteroatoms. The zero-order valence-electron chi connectivity index (χ0n) is 15.9. The quantitative estimate of drug-likeness (QED) is 0.316. The van der Waals surface area contributed by atoms with Crippen LogP contribution in [0.4, 0.5) is 10.1 Å². The number of alkyl halides is 1. The predicted molar refractivity (Wildman–Crippen MR) is 100 cm³/mol. The predicted octanol–water partition coefficient (Wildman–Crippen LogP) is 0.00412. The van der Waals surface area contributed by atoms with E-state index in [1.165, 1.54) is 12.1 Å². The highest BCUT2D eigenvalue weighted by atomic mass is 19.1. The zero-order valence-corrected chi connectivity index (χ0v) is 15.9. The lowest BCUT2D eigenvalue weighted by Gasteiger charge is -2.30. The van der Waals surface area contributed by atoms with Crippen LogP contribution in [0.15, 0.2) is 18.2 Å². The van der Waals surface area contributed by atoms with Crippen LogP contribution in [0, 0.1) is 6.92 Å². The summed E-state index contributed by atoms with van der Waals surface area (Å²) in [7, 11) is 0. The number of nitrogens with two attached hydrogens (primary N) is 2. The molecule has 1 rings (SSSR count). The molecule has 0 saturated heterocycles. The molecule has 0 aliphatic heterocycles. The van der Waals surface area contributed by atoms with Crippen LogP contribution in [-0.2, 0) is 19.2 Å². The van der Waals surface area contributed by atoms with Gasteiger partial charge in [-0.15, -0.1) is 0 Å². The second kappa shape index (κ2) is 10.3. The number of para-hydroxylation sites is 1. The van der Waals surface area contributed by atoms with Crippen molar-refractivity contribution in [3.8, 4) is 0 Å². The molecule has 1 aromatic rings. The van der Waals surface area contributed by atoms with Gasteiger partial charge in [-0.1, -0.05) is 12.1 Å². The number of benzene rings is 1. The SMILES string of the molecule is Cc1cccc(C(=O)N(C(=O)C(N)CCC(=O)O)C(CC(F)C(=O)O)C(=O)O)c1N. The average molecular weight is 427 g/mol. The first-order valence-corrected chi connectivity index (χ1v) is 8.68. The van der Waals surface area contributed by atoms with E-state index in [0.29, 0.717) is 5.56 Å². The minimum Gasteiger partial charge on any atom is -0.481 e. The lowest BCUT2D eigenvalue weighted by Crippen LogP contribution is -2.55. The summed E-state index contributed by atoms with van der Waals surface area (Å²) in [5, 5.41) is 27.0. The van der Waals surface area contributed by atoms with Crippen LogP contribution in [0.5, 0.6) is 0 Å². The topological polar surface area (TPSA) is 201 Å². The first-order chi connectivity index (χ1) is 13.9. The molecule has 30 heavy (non-hydrogen) atoms. The third-order valence-electron chi connectivity index (χ3n) is 4.29. The van der Waals surface area contributed by atoms with E-state index >= 15 is 0 Å². The third kappa shape index (κ3) is 5.98. The molecule has 0 radical (unpaired) electrons. The largest absolute Gasteiger partial charge is 0.481 e. The summed E-state index contributed by atoms with van der Waals surface area (Å²) < 4.78 is 13.8. The van der Waals surface area contributed by atoms with Gasteiger partial charge < -0.3 is 26.8 Å². The van der Waals surface area contributed by atoms with Crippen LogP contribution in [0.25, 0.3) is 0 Å². The highest BCUT2D eigenvalue weighted by Crippen LogP contribution is 2.22. The third-order valence-corrected chi connectivity index (χ3v) is 4.29. The van der Waals surface area contributed by atoms with E-state index in [4.69, 9.17) is 21.7 Å². The molecule has 0 bridgehead atoms. The molecule has 3 unspecified atom stereocenters. The van der Waals surface area contributed by atoms with E-state index < -0.39 is 67.2 Å². The smallest absolute Gasteiger partial charge is 0.338 e. The molecule has 0 aromatic heterocycles. The van der Waals surface area contributed by atoms with E-state index in [-0.39, 0.29) is 16.2 Å². The lowest BCUT2D eigenvalue weighted by atomic mass is 10.0. The first kappa shape index (κ1) is 24.5. The summed E-state index contributed by atoms with van der Waals surface area (Å²) >= 11 is 0. The standard InChI is InChI=1S/C18H22FN3O8/c1-8-3-2-4-9(14(8)21)15(25)22(16(26)11(20)5-6-13(23)24)12(18(29)30)7-10(19)17(27)28/h2-4,10-12H,5-7,20-21H2,1H3,(H,23,24)(H,27,28)(H,29,30). The summed E-state index contributed by atoms with van der Waals surface area (Å²) in [6.07, 6.45) is -4.93. The number of anilines is 1. The van der Waals surface area contributed by atoms with Gasteiger partial charge in [0.05, 0.1) is 11.6 Å². The number of rotatable bonds is 10. The fraction of sp³-hybridized carbons (Fsp3) is 0.389. The van der Waals surface area contributed by atoms with Gasteiger partial charge in [-0.25, -0.2) is 14.0 Å². The second-order valence-electron chi connectivity index (χ2n) is 6.48. The Morgan fingerprint density at radius 2 is 1.70 bits per heavy atom. The Balaban J connectivity index is 3.45. The summed E-state index contributed by atoms with van der Waals surface area (Å²) in [6, 6.07) is 0.342. The van der Waals surface area contributed by atoms with Crippen molar-refractivity contribution in [3.63, 3.8) is 0 Å². The van der Waals surface area contributed by atoms with Crippen LogP contribution in [0.2, 0.25) is 0 Å². The number of nitrogen functional groups attached to an aromatic ring is 1. The number of amides is 2. The van der Waals surface area contributed by atoms with Gasteiger partial charge >= 0.3 is 17.9 Å². The number of imide groups is 1. The van der Waals surface area contributed by atoms with Crippen LogP contribution in [0.1, 0.15) is 35.2 Å². The van der Waals surface area contributed by atoms with Gasteiger partial charge in [0.1, 0.15) is 6.04 Å². The maximum absolute atomic E-state index is 13.8. The summed E-state index contributed by atoms with van der Waals surface area (Å²) in [5.74, 6) is -7.64. The van der Waals surface area contributed by atoms with Gasteiger partial charge in [0.15, 0.2) is 6.17 Å². The summed E-state index contributed by atoms with van der Waals surface area (Å²) in [4.78, 5) is 59.2. The Bertz CT molecular complexity index is 860. The zero-order chi connectivity index (χ0) is 23.2. The van der Waals surface area contributed by atoms with Gasteiger partial charge in [-0.2, -0.15) is 0 Å². The van der Waals surface area contributed by atoms with Crippen molar-refractivity contribution in [1.82, 2.24) is 4.90 Å². The van der Waals surface area contributed by atoms with Gasteiger partial charge in [0.2, 0.25) is 5.91 Å². The van der Waals surface area contributed by atoms with Crippen molar-refractivity contribution in [2.45, 2.75) is 44.4 Å². The normalized spacial score (nSPS) is 13.7. The first-order valence-electron chi connectivity index (χ1n) is 8.68. The number of hydrogen-bond acceptors (Lipinski definition) is 7. The average Bonchev–Trinajstić information content (AvgIpc) is 2.66. The van der Waals surface area contributed by atoms with Crippen molar-refractivity contribution in [1.29, 1.82) is 0 Å². The molecule has 0 aliphatic carbocycles. The Morgan fingerprint density at radius 1 is 1.10 bits per heavy atom. The molecular formula is C18H22FN3O8. The van der Waals surface area contributed by atoms with Gasteiger partial charge in [-0.05, 0) is 25.0 Å². The molecule has 1 aromatic carbocycles. The van der Waals surface area contributed by atoms with Crippen LogP contribution < -0.4 is 11.5 Å². The number of nitrogens with zero attached hydrogens (tertiary/aromatic N) is 1. The Morgan fingerprint density at radius 3 is 2.20 bits per heavy atom. The summed E-state index contributed by atoms with van der Waals surface area (Å²) in [5.41, 5.74) is 11.6. The molecule has 0 aliphatic rings. The molecule has 164 valence electrons. The molecule has 7 N–H and O–H groups in total. The number of carboxylic acid groups (broad SMARTS) is 3. The van der Waals surface area contributed by atoms with Gasteiger partial charge in [0, 0.05) is 18.5 Å². The van der Waals surface area contributed by atoms with E-state index in [1.807, 2.05) is 0 Å². The molecule has 11 nitrogen and oxygen atoms in total. The second-order valence-corrected chi connectivity index (χ2v) is 6.48. The number of carboxylic acids is 3. The monoisotopic (exact) mass is 427 g/mol. The van der Waals surface area contributed by atoms with Crippen molar-refractivity contribution < 1.29 is 43.7 Å². The molecular weight excluding hydrogens is 405 g/mol. The van der Waals surface area contributed by atoms with Crippen LogP contribution >= 0.6 is 0 Å².